The van der Waals surface area contributed by atoms with Gasteiger partial charge in [-0.05, 0) is 25.1 Å². The fourth-order valence-electron chi connectivity index (χ4n) is 3.98. The minimum atomic E-state index is -0.948. The Kier molecular flexibility index (Phi) is 15.8. The molecule has 0 aliphatic carbocycles. The molecule has 1 saturated heterocycles. The Hall–Kier alpha value is -0.470. The summed E-state index contributed by atoms with van der Waals surface area (Å²) in [5.74, 6) is 0. The van der Waals surface area contributed by atoms with Crippen molar-refractivity contribution in [2.75, 3.05) is 26.3 Å². The predicted octanol–water partition coefficient (Wildman–Crippen LogP) is 2.71. The normalized spacial score (nSPS) is 21.7. The molecule has 1 rings (SSSR count). The average molecular weight is 433 g/mol. The number of aliphatic hydroxyl groups excluding tert-OH is 4. The third kappa shape index (κ3) is 11.5. The zero-order valence-corrected chi connectivity index (χ0v) is 18.9. The first-order chi connectivity index (χ1) is 14.1. The van der Waals surface area contributed by atoms with Crippen molar-refractivity contribution < 1.29 is 20.4 Å². The van der Waals surface area contributed by atoms with E-state index >= 15 is 0 Å². The molecule has 1 aliphatic heterocycles. The monoisotopic (exact) mass is 432 g/mol. The first kappa shape index (κ1) is 26.6. The SMILES string of the molecule is OCCCCCCCCCCCCCCCCNC(=S)N1C[C@H](O)[C@@H](O)[C@@H]1CO. The molecule has 29 heavy (non-hydrogen) atoms. The lowest BCUT2D eigenvalue weighted by atomic mass is 10.0. The van der Waals surface area contributed by atoms with E-state index in [-0.39, 0.29) is 13.2 Å². The van der Waals surface area contributed by atoms with Gasteiger partial charge in [-0.3, -0.25) is 0 Å². The highest BCUT2D eigenvalue weighted by molar-refractivity contribution is 7.80. The molecule has 172 valence electrons. The standard InChI is InChI=1S/C22H44N2O4S/c25-16-14-12-10-8-6-4-2-1-3-5-7-9-11-13-15-23-22(29)24-17-20(27)21(28)19(24)18-26/h19-21,25-28H,1-18H2,(H,23,29)/t19-,20-,21-/m0/s1. The van der Waals surface area contributed by atoms with Crippen LogP contribution in [0.1, 0.15) is 89.9 Å². The lowest BCUT2D eigenvalue weighted by Crippen LogP contribution is -2.47. The highest BCUT2D eigenvalue weighted by Crippen LogP contribution is 2.18. The van der Waals surface area contributed by atoms with Gasteiger partial charge in [0.25, 0.3) is 0 Å². The second-order valence-electron chi connectivity index (χ2n) is 8.37. The molecule has 1 heterocycles. The summed E-state index contributed by atoms with van der Waals surface area (Å²) in [5.41, 5.74) is 0. The van der Waals surface area contributed by atoms with Crippen molar-refractivity contribution in [1.29, 1.82) is 0 Å². The number of unbranched alkanes of at least 4 members (excludes halogenated alkanes) is 13. The Bertz CT molecular complexity index is 414. The Morgan fingerprint density at radius 2 is 1.21 bits per heavy atom. The van der Waals surface area contributed by atoms with Gasteiger partial charge in [-0.1, -0.05) is 77.0 Å². The molecule has 1 fully saturated rings. The van der Waals surface area contributed by atoms with Gasteiger partial charge in [0.1, 0.15) is 6.10 Å². The van der Waals surface area contributed by atoms with Crippen LogP contribution in [0.15, 0.2) is 0 Å². The summed E-state index contributed by atoms with van der Waals surface area (Å²) < 4.78 is 0. The van der Waals surface area contributed by atoms with Crippen molar-refractivity contribution in [2.45, 2.75) is 108 Å². The van der Waals surface area contributed by atoms with E-state index in [2.05, 4.69) is 5.32 Å². The zero-order valence-electron chi connectivity index (χ0n) is 18.1. The number of rotatable bonds is 17. The number of nitrogens with one attached hydrogen (secondary N) is 1. The van der Waals surface area contributed by atoms with Gasteiger partial charge in [0, 0.05) is 19.7 Å². The van der Waals surface area contributed by atoms with Crippen molar-refractivity contribution in [1.82, 2.24) is 10.2 Å². The first-order valence-corrected chi connectivity index (χ1v) is 12.1. The summed E-state index contributed by atoms with van der Waals surface area (Å²) in [6, 6.07) is -0.517. The van der Waals surface area contributed by atoms with Crippen LogP contribution < -0.4 is 5.32 Å². The fourth-order valence-corrected chi connectivity index (χ4v) is 4.29. The van der Waals surface area contributed by atoms with Gasteiger partial charge in [0.15, 0.2) is 5.11 Å². The Balaban J connectivity index is 1.86. The molecule has 0 radical (unpaired) electrons. The van der Waals surface area contributed by atoms with Crippen molar-refractivity contribution in [3.63, 3.8) is 0 Å². The summed E-state index contributed by atoms with van der Waals surface area (Å²) in [7, 11) is 0. The number of hydrogen-bond donors (Lipinski definition) is 5. The minimum Gasteiger partial charge on any atom is -0.396 e. The molecule has 3 atom stereocenters. The van der Waals surface area contributed by atoms with Crippen molar-refractivity contribution >= 4 is 17.3 Å². The number of nitrogens with zero attached hydrogens (tertiary/aromatic N) is 1. The summed E-state index contributed by atoms with van der Waals surface area (Å²) in [4.78, 5) is 1.69. The molecule has 6 nitrogen and oxygen atoms in total. The summed E-state index contributed by atoms with van der Waals surface area (Å²) in [6.07, 6.45) is 15.8. The van der Waals surface area contributed by atoms with Gasteiger partial charge in [0.2, 0.25) is 0 Å². The van der Waals surface area contributed by atoms with Crippen LogP contribution in [0.25, 0.3) is 0 Å². The van der Waals surface area contributed by atoms with Crippen LogP contribution in [-0.2, 0) is 0 Å². The van der Waals surface area contributed by atoms with E-state index in [9.17, 15) is 15.3 Å². The van der Waals surface area contributed by atoms with E-state index in [4.69, 9.17) is 17.3 Å². The van der Waals surface area contributed by atoms with Gasteiger partial charge in [-0.25, -0.2) is 0 Å². The number of hydrogen-bond acceptors (Lipinski definition) is 5. The molecule has 0 aromatic carbocycles. The number of likely N-dealkylation sites (tertiary alicyclic amines) is 1. The van der Waals surface area contributed by atoms with Crippen LogP contribution in [0.3, 0.4) is 0 Å². The first-order valence-electron chi connectivity index (χ1n) is 11.7. The molecule has 0 saturated carbocycles. The van der Waals surface area contributed by atoms with Crippen molar-refractivity contribution in [3.8, 4) is 0 Å². The van der Waals surface area contributed by atoms with E-state index in [1.54, 1.807) is 4.90 Å². The van der Waals surface area contributed by atoms with Gasteiger partial charge < -0.3 is 30.6 Å². The zero-order chi connectivity index (χ0) is 21.3. The van der Waals surface area contributed by atoms with Crippen LogP contribution in [-0.4, -0.2) is 75.0 Å². The maximum atomic E-state index is 9.84. The number of β-amino-alcohol motifs (C(OH)–C–C–N with tert-alkyl or cyclic N) is 1. The molecule has 0 unspecified atom stereocenters. The highest BCUT2D eigenvalue weighted by Gasteiger charge is 2.40. The summed E-state index contributed by atoms with van der Waals surface area (Å²) in [5, 5.41) is 41.4. The average Bonchev–Trinajstić information content (AvgIpc) is 3.01. The fraction of sp³-hybridized carbons (Fsp3) is 0.955. The largest absolute Gasteiger partial charge is 0.396 e. The lowest BCUT2D eigenvalue weighted by Gasteiger charge is -2.26. The maximum Gasteiger partial charge on any atom is 0.169 e. The predicted molar refractivity (Wildman–Crippen MR) is 122 cm³/mol. The van der Waals surface area contributed by atoms with Gasteiger partial charge in [0.05, 0.1) is 18.8 Å². The van der Waals surface area contributed by atoms with Gasteiger partial charge in [-0.15, -0.1) is 0 Å². The third-order valence-electron chi connectivity index (χ3n) is 5.88. The van der Waals surface area contributed by atoms with E-state index in [1.165, 1.54) is 77.0 Å². The van der Waals surface area contributed by atoms with Crippen molar-refractivity contribution in [3.05, 3.63) is 0 Å². The van der Waals surface area contributed by atoms with Crippen LogP contribution in [0.4, 0.5) is 0 Å². The minimum absolute atomic E-state index is 0.218. The second-order valence-corrected chi connectivity index (χ2v) is 8.75. The van der Waals surface area contributed by atoms with Crippen LogP contribution in [0, 0.1) is 0 Å². The quantitative estimate of drug-likeness (QED) is 0.178. The van der Waals surface area contributed by atoms with Gasteiger partial charge in [-0.2, -0.15) is 0 Å². The molecule has 1 aliphatic rings. The van der Waals surface area contributed by atoms with E-state index in [1.807, 2.05) is 0 Å². The van der Waals surface area contributed by atoms with Crippen molar-refractivity contribution in [2.24, 2.45) is 0 Å². The van der Waals surface area contributed by atoms with E-state index in [0.29, 0.717) is 11.7 Å². The highest BCUT2D eigenvalue weighted by atomic mass is 32.1. The molecule has 0 amide bonds. The smallest absolute Gasteiger partial charge is 0.169 e. The Morgan fingerprint density at radius 1 is 0.759 bits per heavy atom. The lowest BCUT2D eigenvalue weighted by molar-refractivity contribution is 0.0259. The molecular formula is C22H44N2O4S. The van der Waals surface area contributed by atoms with Crippen LogP contribution in [0.2, 0.25) is 0 Å². The second kappa shape index (κ2) is 17.2. The van der Waals surface area contributed by atoms with E-state index < -0.39 is 18.2 Å². The Labute approximate surface area is 182 Å². The van der Waals surface area contributed by atoms with Crippen LogP contribution in [0.5, 0.6) is 0 Å². The molecule has 0 bridgehead atoms. The molecule has 5 N–H and O–H groups in total. The molecular weight excluding hydrogens is 388 g/mol. The molecule has 7 heteroatoms. The molecule has 0 spiro atoms. The maximum absolute atomic E-state index is 9.84. The third-order valence-corrected chi connectivity index (χ3v) is 6.26. The molecule has 0 aromatic heterocycles. The number of aliphatic hydroxyl groups is 4. The summed E-state index contributed by atoms with van der Waals surface area (Å²) >= 11 is 5.34. The number of thiocarbonyl (C=S) groups is 1. The van der Waals surface area contributed by atoms with E-state index in [0.717, 1.165) is 19.4 Å². The topological polar surface area (TPSA) is 96.2 Å². The van der Waals surface area contributed by atoms with Gasteiger partial charge >= 0.3 is 0 Å². The Morgan fingerprint density at radius 3 is 1.66 bits per heavy atom. The molecule has 0 aromatic rings. The summed E-state index contributed by atoms with van der Waals surface area (Å²) in [6.45, 7) is 1.17. The van der Waals surface area contributed by atoms with Crippen LogP contribution >= 0.6 is 12.2 Å².